The van der Waals surface area contributed by atoms with Crippen molar-refractivity contribution in [1.29, 1.82) is 0 Å². The second-order valence-corrected chi connectivity index (χ2v) is 11.5. The van der Waals surface area contributed by atoms with Gasteiger partial charge in [-0.15, -0.1) is 0 Å². The van der Waals surface area contributed by atoms with Crippen LogP contribution >= 0.6 is 23.5 Å². The summed E-state index contributed by atoms with van der Waals surface area (Å²) in [5.74, 6) is 0.219. The summed E-state index contributed by atoms with van der Waals surface area (Å²) in [7, 11) is 0. The third-order valence-electron chi connectivity index (χ3n) is 6.32. The molecule has 0 fully saturated rings. The minimum absolute atomic E-state index is 0.122. The number of carbonyl (C=O) groups excluding carboxylic acids is 2. The van der Waals surface area contributed by atoms with Crippen LogP contribution in [0, 0.1) is 13.8 Å². The van der Waals surface area contributed by atoms with Crippen molar-refractivity contribution in [1.82, 2.24) is 19.9 Å². The summed E-state index contributed by atoms with van der Waals surface area (Å²) in [4.78, 5) is 40.8. The average molecular weight is 567 g/mol. The zero-order valence-corrected chi connectivity index (χ0v) is 23.5. The lowest BCUT2D eigenvalue weighted by Gasteiger charge is -2.09. The Hall–Kier alpha value is -4.28. The Morgan fingerprint density at radius 2 is 1.12 bits per heavy atom. The Labute approximate surface area is 238 Å². The molecule has 0 saturated heterocycles. The lowest BCUT2D eigenvalue weighted by molar-refractivity contribution is -0.114. The standard InChI is InChI=1S/C30H26N6O2S2/c1-17-3-9-23-25(11-17)35-29(33-23)39-15-27(37)31-21-7-5-19-6-8-22(14-20(19)13-21)32-28(38)16-40-30-34-24-10-4-18(2)12-26(24)36-30/h3-14H,15-16H2,1-2H3,(H,31,37)(H,32,38)(H,33,35)(H,34,36). The van der Waals surface area contributed by atoms with Gasteiger partial charge in [-0.3, -0.25) is 9.59 Å². The second kappa shape index (κ2) is 11.1. The second-order valence-electron chi connectivity index (χ2n) is 9.58. The Morgan fingerprint density at radius 1 is 0.650 bits per heavy atom. The molecule has 0 radical (unpaired) electrons. The highest BCUT2D eigenvalue weighted by Gasteiger charge is 2.10. The molecule has 0 atom stereocenters. The molecule has 2 amide bonds. The number of nitrogens with one attached hydrogen (secondary N) is 4. The van der Waals surface area contributed by atoms with Gasteiger partial charge >= 0.3 is 0 Å². The number of amides is 2. The Balaban J connectivity index is 1.05. The van der Waals surface area contributed by atoms with Crippen molar-refractivity contribution < 1.29 is 9.59 Å². The minimum Gasteiger partial charge on any atom is -0.333 e. The number of anilines is 2. The quantitative estimate of drug-likeness (QED) is 0.153. The molecule has 0 unspecified atom stereocenters. The van der Waals surface area contributed by atoms with Gasteiger partial charge in [0.25, 0.3) is 0 Å². The van der Waals surface area contributed by atoms with E-state index in [1.165, 1.54) is 23.5 Å². The van der Waals surface area contributed by atoms with Crippen LogP contribution in [0.15, 0.2) is 83.1 Å². The number of H-pyrrole nitrogens is 2. The number of fused-ring (bicyclic) bond motifs is 3. The largest absolute Gasteiger partial charge is 0.333 e. The third kappa shape index (κ3) is 5.98. The molecule has 4 aromatic carbocycles. The van der Waals surface area contributed by atoms with Crippen molar-refractivity contribution >= 4 is 79.6 Å². The predicted molar refractivity (Wildman–Crippen MR) is 164 cm³/mol. The zero-order chi connectivity index (χ0) is 27.6. The minimum atomic E-state index is -0.122. The molecule has 0 bridgehead atoms. The summed E-state index contributed by atoms with van der Waals surface area (Å²) >= 11 is 2.72. The van der Waals surface area contributed by atoms with Crippen LogP contribution in [0.3, 0.4) is 0 Å². The molecule has 0 aliphatic rings. The molecule has 2 aromatic heterocycles. The fraction of sp³-hybridized carbons (Fsp3) is 0.133. The van der Waals surface area contributed by atoms with Crippen LogP contribution in [-0.2, 0) is 9.59 Å². The van der Waals surface area contributed by atoms with Crippen molar-refractivity contribution in [3.8, 4) is 0 Å². The van der Waals surface area contributed by atoms with Crippen molar-refractivity contribution in [3.63, 3.8) is 0 Å². The normalized spacial score (nSPS) is 11.3. The topological polar surface area (TPSA) is 116 Å². The molecule has 2 heterocycles. The van der Waals surface area contributed by atoms with Gasteiger partial charge in [0.1, 0.15) is 0 Å². The van der Waals surface area contributed by atoms with E-state index in [1.54, 1.807) is 0 Å². The van der Waals surface area contributed by atoms with E-state index in [2.05, 4.69) is 30.6 Å². The maximum absolute atomic E-state index is 12.6. The van der Waals surface area contributed by atoms with Crippen LogP contribution in [0.25, 0.3) is 32.8 Å². The molecule has 200 valence electrons. The monoisotopic (exact) mass is 566 g/mol. The number of nitrogens with zero attached hydrogens (tertiary/aromatic N) is 2. The molecule has 10 heteroatoms. The molecule has 0 saturated carbocycles. The molecule has 40 heavy (non-hydrogen) atoms. The van der Waals surface area contributed by atoms with Crippen LogP contribution in [0.4, 0.5) is 11.4 Å². The fourth-order valence-electron chi connectivity index (χ4n) is 4.40. The van der Waals surface area contributed by atoms with E-state index < -0.39 is 0 Å². The zero-order valence-electron chi connectivity index (χ0n) is 21.9. The van der Waals surface area contributed by atoms with E-state index in [4.69, 9.17) is 0 Å². The number of hydrogen-bond donors (Lipinski definition) is 4. The van der Waals surface area contributed by atoms with Gasteiger partial charge in [0.05, 0.1) is 33.6 Å². The average Bonchev–Trinajstić information content (AvgIpc) is 3.53. The molecule has 6 rings (SSSR count). The van der Waals surface area contributed by atoms with E-state index in [1.807, 2.05) is 86.6 Å². The third-order valence-corrected chi connectivity index (χ3v) is 8.07. The molecule has 8 nitrogen and oxygen atoms in total. The van der Waals surface area contributed by atoms with Crippen molar-refractivity contribution in [3.05, 3.63) is 83.9 Å². The van der Waals surface area contributed by atoms with Gasteiger partial charge < -0.3 is 20.6 Å². The predicted octanol–water partition coefficient (Wildman–Crippen LogP) is 6.67. The molecule has 0 spiro atoms. The van der Waals surface area contributed by atoms with Crippen LogP contribution in [-0.4, -0.2) is 43.3 Å². The summed E-state index contributed by atoms with van der Waals surface area (Å²) < 4.78 is 0. The smallest absolute Gasteiger partial charge is 0.234 e. The van der Waals surface area contributed by atoms with Gasteiger partial charge in [-0.25, -0.2) is 9.97 Å². The van der Waals surface area contributed by atoms with Gasteiger partial charge in [0, 0.05) is 11.4 Å². The highest BCUT2D eigenvalue weighted by Crippen LogP contribution is 2.25. The lowest BCUT2D eigenvalue weighted by Crippen LogP contribution is -2.14. The number of imidazole rings is 2. The van der Waals surface area contributed by atoms with E-state index in [0.29, 0.717) is 21.7 Å². The van der Waals surface area contributed by atoms with Gasteiger partial charge in [0.2, 0.25) is 11.8 Å². The number of carbonyl (C=O) groups is 2. The van der Waals surface area contributed by atoms with Crippen molar-refractivity contribution in [2.75, 3.05) is 22.1 Å². The first-order valence-corrected chi connectivity index (χ1v) is 14.7. The molecule has 0 aliphatic heterocycles. The number of rotatable bonds is 8. The number of aromatic amines is 2. The molecule has 6 aromatic rings. The molecule has 0 aliphatic carbocycles. The van der Waals surface area contributed by atoms with Crippen molar-refractivity contribution in [2.24, 2.45) is 0 Å². The summed E-state index contributed by atoms with van der Waals surface area (Å²) in [6, 6.07) is 23.5. The van der Waals surface area contributed by atoms with Gasteiger partial charge in [-0.1, -0.05) is 47.8 Å². The highest BCUT2D eigenvalue weighted by atomic mass is 32.2. The van der Waals surface area contributed by atoms with E-state index in [-0.39, 0.29) is 23.3 Å². The van der Waals surface area contributed by atoms with Crippen LogP contribution in [0.5, 0.6) is 0 Å². The Morgan fingerprint density at radius 3 is 1.60 bits per heavy atom. The number of aryl methyl sites for hydroxylation is 2. The highest BCUT2D eigenvalue weighted by molar-refractivity contribution is 8.00. The Kier molecular flexibility index (Phi) is 7.19. The number of benzene rings is 4. The molecular weight excluding hydrogens is 541 g/mol. The van der Waals surface area contributed by atoms with Gasteiger partial charge in [0.15, 0.2) is 10.3 Å². The van der Waals surface area contributed by atoms with Crippen LogP contribution < -0.4 is 10.6 Å². The molecule has 4 N–H and O–H groups in total. The SMILES string of the molecule is Cc1ccc2nc(SCC(=O)Nc3ccc4ccc(NC(=O)CSc5nc6ccc(C)cc6[nH]5)cc4c3)[nH]c2c1. The summed E-state index contributed by atoms with van der Waals surface area (Å²) in [5, 5.41) is 9.26. The Bertz CT molecular complexity index is 1760. The van der Waals surface area contributed by atoms with Gasteiger partial charge in [-0.05, 0) is 84.3 Å². The summed E-state index contributed by atoms with van der Waals surface area (Å²) in [6.45, 7) is 4.06. The lowest BCUT2D eigenvalue weighted by atomic mass is 10.1. The number of hydrogen-bond acceptors (Lipinski definition) is 6. The fourth-order valence-corrected chi connectivity index (χ4v) is 5.77. The van der Waals surface area contributed by atoms with Crippen molar-refractivity contribution in [2.45, 2.75) is 24.2 Å². The van der Waals surface area contributed by atoms with E-state index in [0.717, 1.165) is 44.0 Å². The first-order valence-electron chi connectivity index (χ1n) is 12.7. The first-order chi connectivity index (χ1) is 19.4. The number of thioether (sulfide) groups is 2. The molecular formula is C30H26N6O2S2. The van der Waals surface area contributed by atoms with Crippen LogP contribution in [0.2, 0.25) is 0 Å². The summed E-state index contributed by atoms with van der Waals surface area (Å²) in [5.41, 5.74) is 7.38. The van der Waals surface area contributed by atoms with E-state index >= 15 is 0 Å². The van der Waals surface area contributed by atoms with Crippen LogP contribution in [0.1, 0.15) is 11.1 Å². The maximum atomic E-state index is 12.6. The van der Waals surface area contributed by atoms with Gasteiger partial charge in [-0.2, -0.15) is 0 Å². The first kappa shape index (κ1) is 26.0. The summed E-state index contributed by atoms with van der Waals surface area (Å²) in [6.07, 6.45) is 0. The number of aromatic nitrogens is 4. The maximum Gasteiger partial charge on any atom is 0.234 e. The van der Waals surface area contributed by atoms with E-state index in [9.17, 15) is 9.59 Å².